The molecule has 0 radical (unpaired) electrons. The lowest BCUT2D eigenvalue weighted by molar-refractivity contribution is 0.0512. The fourth-order valence-electron chi connectivity index (χ4n) is 1.73. The Labute approximate surface area is 111 Å². The van der Waals surface area contributed by atoms with Gasteiger partial charge in [0.25, 0.3) is 5.82 Å². The van der Waals surface area contributed by atoms with Crippen molar-refractivity contribution in [2.24, 2.45) is 7.05 Å². The maximum absolute atomic E-state index is 11.6. The van der Waals surface area contributed by atoms with Gasteiger partial charge in [-0.2, -0.15) is 0 Å². The van der Waals surface area contributed by atoms with Gasteiger partial charge in [0.05, 0.1) is 19.3 Å². The minimum atomic E-state index is -0.528. The molecule has 6 heteroatoms. The van der Waals surface area contributed by atoms with Gasteiger partial charge in [0.15, 0.2) is 5.82 Å². The predicted octanol–water partition coefficient (Wildman–Crippen LogP) is 1.67. The van der Waals surface area contributed by atoms with E-state index in [-0.39, 0.29) is 5.82 Å². The minimum Gasteiger partial charge on any atom is -0.496 e. The average molecular weight is 261 g/mol. The summed E-state index contributed by atoms with van der Waals surface area (Å²) in [5.41, 5.74) is 0.774. The number of carbonyl (C=O) groups excluding carboxylic acids is 1. The number of hydrogen-bond acceptors (Lipinski definition) is 5. The van der Waals surface area contributed by atoms with Crippen molar-refractivity contribution in [3.05, 3.63) is 30.1 Å². The largest absolute Gasteiger partial charge is 0.496 e. The molecule has 0 aliphatic heterocycles. The Balaban J connectivity index is 2.43. The minimum absolute atomic E-state index is 0.0465. The Morgan fingerprint density at radius 3 is 2.79 bits per heavy atom. The molecule has 0 saturated heterocycles. The van der Waals surface area contributed by atoms with Crippen LogP contribution < -0.4 is 4.74 Å². The number of benzene rings is 1. The molecular weight excluding hydrogens is 246 g/mol. The number of carbonyl (C=O) groups is 1. The summed E-state index contributed by atoms with van der Waals surface area (Å²) in [5.74, 6) is 0.749. The summed E-state index contributed by atoms with van der Waals surface area (Å²) in [7, 11) is 3.30. The molecule has 0 bridgehead atoms. The molecule has 0 unspecified atom stereocenters. The van der Waals surface area contributed by atoms with E-state index in [0.717, 1.165) is 5.56 Å². The lowest BCUT2D eigenvalue weighted by Crippen LogP contribution is -2.07. The highest BCUT2D eigenvalue weighted by molar-refractivity contribution is 5.85. The van der Waals surface area contributed by atoms with E-state index in [9.17, 15) is 4.79 Å². The third-order valence-corrected chi connectivity index (χ3v) is 2.57. The first-order valence-electron chi connectivity index (χ1n) is 5.89. The number of aryl methyl sites for hydroxylation is 1. The van der Waals surface area contributed by atoms with Crippen molar-refractivity contribution in [3.8, 4) is 17.1 Å². The van der Waals surface area contributed by atoms with E-state index in [0.29, 0.717) is 18.2 Å². The van der Waals surface area contributed by atoms with Crippen molar-refractivity contribution >= 4 is 5.97 Å². The Kier molecular flexibility index (Phi) is 3.79. The first kappa shape index (κ1) is 13.1. The van der Waals surface area contributed by atoms with Gasteiger partial charge >= 0.3 is 5.97 Å². The predicted molar refractivity (Wildman–Crippen MR) is 68.9 cm³/mol. The zero-order chi connectivity index (χ0) is 13.8. The smallest absolute Gasteiger partial charge is 0.378 e. The van der Waals surface area contributed by atoms with Crippen LogP contribution in [0.3, 0.4) is 0 Å². The van der Waals surface area contributed by atoms with Crippen molar-refractivity contribution in [2.75, 3.05) is 13.7 Å². The van der Waals surface area contributed by atoms with Gasteiger partial charge in [-0.3, -0.25) is 0 Å². The van der Waals surface area contributed by atoms with Gasteiger partial charge < -0.3 is 9.47 Å². The van der Waals surface area contributed by atoms with E-state index in [4.69, 9.17) is 9.47 Å². The molecule has 2 aromatic rings. The van der Waals surface area contributed by atoms with Crippen molar-refractivity contribution in [2.45, 2.75) is 6.92 Å². The highest BCUT2D eigenvalue weighted by atomic mass is 16.5. The topological polar surface area (TPSA) is 66.2 Å². The number of rotatable bonds is 4. The van der Waals surface area contributed by atoms with Crippen LogP contribution >= 0.6 is 0 Å². The Morgan fingerprint density at radius 2 is 2.11 bits per heavy atom. The molecular formula is C13H15N3O3. The zero-order valence-corrected chi connectivity index (χ0v) is 11.1. The molecule has 0 aliphatic carbocycles. The molecule has 19 heavy (non-hydrogen) atoms. The number of aromatic nitrogens is 3. The number of para-hydroxylation sites is 1. The lowest BCUT2D eigenvalue weighted by atomic mass is 10.2. The molecule has 0 aliphatic rings. The van der Waals surface area contributed by atoms with E-state index < -0.39 is 5.97 Å². The maximum atomic E-state index is 11.6. The van der Waals surface area contributed by atoms with Crippen LogP contribution in [-0.4, -0.2) is 34.5 Å². The molecule has 0 atom stereocenters. The molecule has 0 spiro atoms. The lowest BCUT2D eigenvalue weighted by Gasteiger charge is -2.06. The summed E-state index contributed by atoms with van der Waals surface area (Å²) in [6, 6.07) is 7.42. The second-order valence-corrected chi connectivity index (χ2v) is 3.80. The van der Waals surface area contributed by atoms with Crippen molar-refractivity contribution < 1.29 is 14.3 Å². The summed E-state index contributed by atoms with van der Waals surface area (Å²) in [6.45, 7) is 2.03. The van der Waals surface area contributed by atoms with Crippen LogP contribution in [0.4, 0.5) is 0 Å². The molecule has 1 heterocycles. The number of esters is 1. The van der Waals surface area contributed by atoms with Gasteiger partial charge in [0, 0.05) is 7.05 Å². The second-order valence-electron chi connectivity index (χ2n) is 3.80. The number of nitrogens with zero attached hydrogens (tertiary/aromatic N) is 3. The number of methoxy groups -OCH3 is 1. The van der Waals surface area contributed by atoms with Gasteiger partial charge in [-0.25, -0.2) is 14.5 Å². The third kappa shape index (κ3) is 2.57. The summed E-state index contributed by atoms with van der Waals surface area (Å²) >= 11 is 0. The molecule has 0 fully saturated rings. The molecule has 100 valence electrons. The molecule has 1 aromatic heterocycles. The molecule has 0 N–H and O–H groups in total. The molecule has 0 saturated carbocycles. The van der Waals surface area contributed by atoms with E-state index >= 15 is 0 Å². The monoisotopic (exact) mass is 261 g/mol. The van der Waals surface area contributed by atoms with Gasteiger partial charge in [-0.15, -0.1) is 5.10 Å². The maximum Gasteiger partial charge on any atom is 0.378 e. The van der Waals surface area contributed by atoms with Gasteiger partial charge in [-0.1, -0.05) is 12.1 Å². The highest BCUT2D eigenvalue weighted by Gasteiger charge is 2.18. The molecule has 1 aromatic carbocycles. The van der Waals surface area contributed by atoms with Crippen LogP contribution in [0.2, 0.25) is 0 Å². The first-order chi connectivity index (χ1) is 9.17. The Hall–Kier alpha value is -2.37. The van der Waals surface area contributed by atoms with Gasteiger partial charge in [-0.05, 0) is 19.1 Å². The van der Waals surface area contributed by atoms with Crippen molar-refractivity contribution in [1.29, 1.82) is 0 Å². The van der Waals surface area contributed by atoms with Gasteiger partial charge in [0.1, 0.15) is 5.75 Å². The summed E-state index contributed by atoms with van der Waals surface area (Å²) in [6.07, 6.45) is 0. The van der Waals surface area contributed by atoms with E-state index in [1.807, 2.05) is 24.3 Å². The number of hydrogen-bond donors (Lipinski definition) is 0. The fourth-order valence-corrected chi connectivity index (χ4v) is 1.73. The van der Waals surface area contributed by atoms with Crippen LogP contribution in [0.15, 0.2) is 24.3 Å². The molecule has 6 nitrogen and oxygen atoms in total. The Bertz CT molecular complexity index is 593. The molecule has 0 amide bonds. The fraction of sp³-hybridized carbons (Fsp3) is 0.308. The van der Waals surface area contributed by atoms with E-state index in [1.165, 1.54) is 4.68 Å². The van der Waals surface area contributed by atoms with E-state index in [1.54, 1.807) is 21.1 Å². The quantitative estimate of drug-likeness (QED) is 0.783. The SMILES string of the molecule is CCOC(=O)c1nc(-c2ccccc2OC)n(C)n1. The Morgan fingerprint density at radius 1 is 1.37 bits per heavy atom. The summed E-state index contributed by atoms with van der Waals surface area (Å²) < 4.78 is 11.7. The van der Waals surface area contributed by atoms with Crippen LogP contribution in [0.5, 0.6) is 5.75 Å². The zero-order valence-electron chi connectivity index (χ0n) is 11.1. The van der Waals surface area contributed by atoms with Crippen LogP contribution in [0, 0.1) is 0 Å². The first-order valence-corrected chi connectivity index (χ1v) is 5.89. The second kappa shape index (κ2) is 5.51. The van der Waals surface area contributed by atoms with E-state index in [2.05, 4.69) is 10.1 Å². The van der Waals surface area contributed by atoms with Crippen LogP contribution in [0.1, 0.15) is 17.5 Å². The average Bonchev–Trinajstić information content (AvgIpc) is 2.81. The number of ether oxygens (including phenoxy) is 2. The van der Waals surface area contributed by atoms with Crippen LogP contribution in [0.25, 0.3) is 11.4 Å². The van der Waals surface area contributed by atoms with Crippen molar-refractivity contribution in [3.63, 3.8) is 0 Å². The highest BCUT2D eigenvalue weighted by Crippen LogP contribution is 2.27. The standard InChI is InChI=1S/C13H15N3O3/c1-4-19-13(17)11-14-12(16(2)15-11)9-7-5-6-8-10(9)18-3/h5-8H,4H2,1-3H3. The summed E-state index contributed by atoms with van der Waals surface area (Å²) in [5, 5.41) is 4.06. The molecule has 2 rings (SSSR count). The summed E-state index contributed by atoms with van der Waals surface area (Å²) in [4.78, 5) is 15.8. The normalized spacial score (nSPS) is 10.3. The third-order valence-electron chi connectivity index (χ3n) is 2.57. The van der Waals surface area contributed by atoms with Crippen molar-refractivity contribution in [1.82, 2.24) is 14.8 Å². The van der Waals surface area contributed by atoms with Crippen LogP contribution in [-0.2, 0) is 11.8 Å². The van der Waals surface area contributed by atoms with Gasteiger partial charge in [0.2, 0.25) is 0 Å².